The molecule has 0 heterocycles. The number of carbonyl (C=O) groups excluding carboxylic acids is 1. The van der Waals surface area contributed by atoms with Crippen molar-refractivity contribution in [2.24, 2.45) is 0 Å². The maximum Gasteiger partial charge on any atom is 0.306 e. The second kappa shape index (κ2) is 7.21. The van der Waals surface area contributed by atoms with Gasteiger partial charge in [0.25, 0.3) is 0 Å². The van der Waals surface area contributed by atoms with Gasteiger partial charge in [-0.15, -0.1) is 0 Å². The van der Waals surface area contributed by atoms with Crippen molar-refractivity contribution < 1.29 is 9.53 Å². The van der Waals surface area contributed by atoms with Crippen molar-refractivity contribution in [3.63, 3.8) is 0 Å². The van der Waals surface area contributed by atoms with E-state index >= 15 is 0 Å². The van der Waals surface area contributed by atoms with Crippen LogP contribution >= 0.6 is 11.8 Å². The Kier molecular flexibility index (Phi) is 7.09. The number of rotatable bonds is 6. The summed E-state index contributed by atoms with van der Waals surface area (Å²) in [7, 11) is 3.46. The smallest absolute Gasteiger partial charge is 0.306 e. The molecule has 0 fully saturated rings. The van der Waals surface area contributed by atoms with Gasteiger partial charge in [0.15, 0.2) is 0 Å². The van der Waals surface area contributed by atoms with Gasteiger partial charge in [-0.3, -0.25) is 4.79 Å². The molecule has 13 heavy (non-hydrogen) atoms. The fourth-order valence-corrected chi connectivity index (χ4v) is 1.70. The van der Waals surface area contributed by atoms with Crippen LogP contribution in [0.3, 0.4) is 0 Å². The molecule has 0 saturated heterocycles. The quantitative estimate of drug-likeness (QED) is 0.610. The molecule has 0 radical (unpaired) electrons. The predicted octanol–water partition coefficient (Wildman–Crippen LogP) is 1.23. The molecule has 0 bridgehead atoms. The Labute approximate surface area is 84.8 Å². The molecule has 0 N–H and O–H groups in total. The number of hydrogen-bond acceptors (Lipinski definition) is 4. The van der Waals surface area contributed by atoms with Crippen LogP contribution in [-0.2, 0) is 9.53 Å². The van der Waals surface area contributed by atoms with Crippen LogP contribution in [0.1, 0.15) is 13.3 Å². The summed E-state index contributed by atoms with van der Waals surface area (Å²) in [4.78, 5) is 13.0. The molecule has 0 aromatic heterocycles. The van der Waals surface area contributed by atoms with Crippen LogP contribution in [0, 0.1) is 0 Å². The lowest BCUT2D eigenvalue weighted by molar-refractivity contribution is -0.140. The minimum atomic E-state index is -0.136. The Bertz CT molecular complexity index is 153. The number of thioether (sulfide) groups is 1. The molecule has 4 heteroatoms. The summed E-state index contributed by atoms with van der Waals surface area (Å²) < 4.78 is 4.57. The molecular weight excluding hydrogens is 186 g/mol. The zero-order chi connectivity index (χ0) is 10.3. The number of ether oxygens (including phenoxy) is 1. The Morgan fingerprint density at radius 3 is 2.69 bits per heavy atom. The van der Waals surface area contributed by atoms with E-state index in [9.17, 15) is 4.79 Å². The summed E-state index contributed by atoms with van der Waals surface area (Å²) >= 11 is 1.82. The minimum absolute atomic E-state index is 0.136. The second-order valence-electron chi connectivity index (χ2n) is 3.11. The van der Waals surface area contributed by atoms with Crippen LogP contribution in [0.2, 0.25) is 0 Å². The van der Waals surface area contributed by atoms with Crippen molar-refractivity contribution >= 4 is 17.7 Å². The molecule has 1 atom stereocenters. The van der Waals surface area contributed by atoms with E-state index in [-0.39, 0.29) is 5.97 Å². The van der Waals surface area contributed by atoms with Gasteiger partial charge in [-0.2, -0.15) is 11.8 Å². The van der Waals surface area contributed by atoms with Gasteiger partial charge in [0.1, 0.15) is 0 Å². The Hall–Kier alpha value is -0.220. The molecule has 78 valence electrons. The first-order valence-electron chi connectivity index (χ1n) is 4.37. The fraction of sp³-hybridized carbons (Fsp3) is 0.889. The molecule has 0 aromatic carbocycles. The summed E-state index contributed by atoms with van der Waals surface area (Å²) in [6.45, 7) is 2.93. The lowest BCUT2D eigenvalue weighted by atomic mass is 10.3. The van der Waals surface area contributed by atoms with Crippen molar-refractivity contribution in [2.45, 2.75) is 19.4 Å². The van der Waals surface area contributed by atoms with Crippen LogP contribution in [0.25, 0.3) is 0 Å². The monoisotopic (exact) mass is 205 g/mol. The number of esters is 1. The maximum atomic E-state index is 10.8. The molecule has 0 rings (SSSR count). The zero-order valence-corrected chi connectivity index (χ0v) is 9.69. The lowest BCUT2D eigenvalue weighted by Crippen LogP contribution is -2.32. The number of methoxy groups -OCH3 is 1. The predicted molar refractivity (Wildman–Crippen MR) is 57.1 cm³/mol. The first kappa shape index (κ1) is 12.8. The van der Waals surface area contributed by atoms with Crippen LogP contribution in [-0.4, -0.2) is 49.6 Å². The van der Waals surface area contributed by atoms with Crippen molar-refractivity contribution in [2.75, 3.05) is 32.7 Å². The molecule has 1 unspecified atom stereocenters. The molecule has 0 aromatic rings. The van der Waals surface area contributed by atoms with E-state index in [0.29, 0.717) is 12.5 Å². The van der Waals surface area contributed by atoms with Gasteiger partial charge in [0.2, 0.25) is 0 Å². The highest BCUT2D eigenvalue weighted by atomic mass is 32.2. The second-order valence-corrected chi connectivity index (χ2v) is 4.02. The Morgan fingerprint density at radius 1 is 1.62 bits per heavy atom. The van der Waals surface area contributed by atoms with E-state index in [0.717, 1.165) is 12.3 Å². The molecule has 0 aliphatic carbocycles. The highest BCUT2D eigenvalue weighted by Crippen LogP contribution is 2.04. The van der Waals surface area contributed by atoms with E-state index in [1.54, 1.807) is 0 Å². The number of nitrogens with zero attached hydrogens (tertiary/aromatic N) is 1. The summed E-state index contributed by atoms with van der Waals surface area (Å²) in [5, 5.41) is 0. The van der Waals surface area contributed by atoms with E-state index in [1.165, 1.54) is 7.11 Å². The maximum absolute atomic E-state index is 10.8. The minimum Gasteiger partial charge on any atom is -0.469 e. The molecule has 3 nitrogen and oxygen atoms in total. The van der Waals surface area contributed by atoms with Crippen molar-refractivity contribution in [1.29, 1.82) is 0 Å². The van der Waals surface area contributed by atoms with Crippen LogP contribution in [0.4, 0.5) is 0 Å². The molecule has 0 spiro atoms. The molecule has 0 aliphatic heterocycles. The third kappa shape index (κ3) is 5.93. The van der Waals surface area contributed by atoms with Gasteiger partial charge in [-0.1, -0.05) is 0 Å². The Balaban J connectivity index is 3.60. The van der Waals surface area contributed by atoms with Crippen LogP contribution in [0.5, 0.6) is 0 Å². The average Bonchev–Trinajstić information content (AvgIpc) is 2.13. The SMILES string of the molecule is COC(=O)CCN(C)C(C)CSC. The lowest BCUT2D eigenvalue weighted by Gasteiger charge is -2.23. The fourth-order valence-electron chi connectivity index (χ4n) is 0.959. The van der Waals surface area contributed by atoms with E-state index < -0.39 is 0 Å². The third-order valence-corrected chi connectivity index (χ3v) is 2.87. The van der Waals surface area contributed by atoms with Crippen LogP contribution in [0.15, 0.2) is 0 Å². The van der Waals surface area contributed by atoms with Crippen molar-refractivity contribution in [3.05, 3.63) is 0 Å². The Morgan fingerprint density at radius 2 is 2.23 bits per heavy atom. The average molecular weight is 205 g/mol. The summed E-state index contributed by atoms with van der Waals surface area (Å²) in [6, 6.07) is 0.514. The van der Waals surface area contributed by atoms with Gasteiger partial charge in [-0.05, 0) is 20.2 Å². The first-order chi connectivity index (χ1) is 6.11. The molecule has 0 amide bonds. The standard InChI is InChI=1S/C9H19NO2S/c1-8(7-13-4)10(2)6-5-9(11)12-3/h8H,5-7H2,1-4H3. The van der Waals surface area contributed by atoms with Crippen molar-refractivity contribution in [3.8, 4) is 0 Å². The summed E-state index contributed by atoms with van der Waals surface area (Å²) in [5.74, 6) is 0.959. The van der Waals surface area contributed by atoms with Gasteiger partial charge in [-0.25, -0.2) is 0 Å². The topological polar surface area (TPSA) is 29.5 Å². The normalized spacial score (nSPS) is 13.0. The zero-order valence-electron chi connectivity index (χ0n) is 8.87. The summed E-state index contributed by atoms with van der Waals surface area (Å²) in [6.07, 6.45) is 2.57. The van der Waals surface area contributed by atoms with Gasteiger partial charge < -0.3 is 9.64 Å². The van der Waals surface area contributed by atoms with Gasteiger partial charge in [0.05, 0.1) is 13.5 Å². The molecular formula is C9H19NO2S. The molecule has 0 saturated carbocycles. The first-order valence-corrected chi connectivity index (χ1v) is 5.77. The third-order valence-electron chi connectivity index (χ3n) is 2.06. The van der Waals surface area contributed by atoms with E-state index in [4.69, 9.17) is 0 Å². The summed E-state index contributed by atoms with van der Waals surface area (Å²) in [5.41, 5.74) is 0. The molecule has 0 aliphatic rings. The van der Waals surface area contributed by atoms with Crippen molar-refractivity contribution in [1.82, 2.24) is 4.90 Å². The highest BCUT2D eigenvalue weighted by molar-refractivity contribution is 7.98. The van der Waals surface area contributed by atoms with Gasteiger partial charge >= 0.3 is 5.97 Å². The highest BCUT2D eigenvalue weighted by Gasteiger charge is 2.09. The largest absolute Gasteiger partial charge is 0.469 e. The van der Waals surface area contributed by atoms with E-state index in [1.807, 2.05) is 18.8 Å². The van der Waals surface area contributed by atoms with Gasteiger partial charge in [0, 0.05) is 18.3 Å². The number of hydrogen-bond donors (Lipinski definition) is 0. The number of carbonyl (C=O) groups is 1. The van der Waals surface area contributed by atoms with E-state index in [2.05, 4.69) is 22.8 Å². The van der Waals surface area contributed by atoms with Crippen LogP contribution < -0.4 is 0 Å².